The number of quaternary nitrogens is 1. The topological polar surface area (TPSA) is 131 Å². The van der Waals surface area contributed by atoms with Crippen LogP contribution >= 0.6 is 0 Å². The second kappa shape index (κ2) is 17.5. The highest BCUT2D eigenvalue weighted by Crippen LogP contribution is 2.25. The molecule has 17 heteroatoms. The third kappa shape index (κ3) is 12.6. The number of alkyl halides is 7. The van der Waals surface area contributed by atoms with Crippen LogP contribution < -0.4 is 19.9 Å². The van der Waals surface area contributed by atoms with Crippen LogP contribution in [-0.2, 0) is 28.8 Å². The smallest absolute Gasteiger partial charge is 0.430 e. The molecule has 3 aromatic carbocycles. The molecule has 0 aliphatic heterocycles. The molecule has 4 aromatic rings. The third-order valence-corrected chi connectivity index (χ3v) is 6.48. The molecule has 0 saturated carbocycles. The third-order valence-electron chi connectivity index (χ3n) is 5.84. The van der Waals surface area contributed by atoms with Gasteiger partial charge in [-0.05, 0) is 65.2 Å². The van der Waals surface area contributed by atoms with Crippen molar-refractivity contribution in [3.8, 4) is 11.5 Å². The van der Waals surface area contributed by atoms with E-state index in [1.807, 2.05) is 17.6 Å². The summed E-state index contributed by atoms with van der Waals surface area (Å²) in [6.07, 6.45) is -6.33. The molecule has 3 N–H and O–H groups in total. The van der Waals surface area contributed by atoms with Gasteiger partial charge in [0.05, 0.1) is 13.7 Å². The van der Waals surface area contributed by atoms with Crippen molar-refractivity contribution in [1.29, 1.82) is 0 Å². The summed E-state index contributed by atoms with van der Waals surface area (Å²) in [7, 11) is 1.49. The fraction of sp³-hybridized carbons (Fsp3) is 0.276. The van der Waals surface area contributed by atoms with E-state index < -0.39 is 42.2 Å². The van der Waals surface area contributed by atoms with Crippen LogP contribution in [0.3, 0.4) is 0 Å². The van der Waals surface area contributed by atoms with Crippen LogP contribution in [0.4, 0.5) is 35.1 Å². The van der Waals surface area contributed by atoms with E-state index in [1.165, 1.54) is 37.4 Å². The summed E-state index contributed by atoms with van der Waals surface area (Å²) < 4.78 is 125. The van der Waals surface area contributed by atoms with Gasteiger partial charge in [-0.1, -0.05) is 18.2 Å². The van der Waals surface area contributed by atoms with Gasteiger partial charge in [0.2, 0.25) is 0 Å². The number of hydrogen-bond donors (Lipinski definition) is 2. The summed E-state index contributed by atoms with van der Waals surface area (Å²) in [4.78, 5) is 12.1. The molecule has 0 aliphatic carbocycles. The van der Waals surface area contributed by atoms with Crippen LogP contribution in [0.25, 0.3) is 10.9 Å². The van der Waals surface area contributed by atoms with Crippen LogP contribution in [0, 0.1) is 5.82 Å². The predicted molar refractivity (Wildman–Crippen MR) is 147 cm³/mol. The number of nitrogens with one attached hydrogen (secondary N) is 1. The Morgan fingerprint density at radius 3 is 2.26 bits per heavy atom. The Hall–Kier alpha value is -4.22. The van der Waals surface area contributed by atoms with Crippen molar-refractivity contribution < 1.29 is 68.6 Å². The molecule has 1 heterocycles. The van der Waals surface area contributed by atoms with Crippen LogP contribution in [0.15, 0.2) is 77.8 Å². The monoisotopic (exact) mass is 683 g/mol. The SMILES string of the molecule is COc1cccc(S(=O)[O-])c1.Fc1ccc2c(CC[NH2+]Cc3cccc(OCC(F)(F)C(F)F)c3)c[nH]c2c1.O=C([O-])C(F)(F)F. The van der Waals surface area contributed by atoms with Gasteiger partial charge in [0, 0.05) is 34.0 Å². The number of benzene rings is 3. The molecule has 1 atom stereocenters. The Balaban J connectivity index is 0.000000334. The van der Waals surface area contributed by atoms with Gasteiger partial charge in [-0.2, -0.15) is 22.0 Å². The summed E-state index contributed by atoms with van der Waals surface area (Å²) in [6.45, 7) is -0.0166. The molecule has 0 fully saturated rings. The lowest BCUT2D eigenvalue weighted by Gasteiger charge is -2.16. The zero-order valence-corrected chi connectivity index (χ0v) is 24.6. The van der Waals surface area contributed by atoms with E-state index in [1.54, 1.807) is 30.3 Å². The fourth-order valence-electron chi connectivity index (χ4n) is 3.60. The van der Waals surface area contributed by atoms with Crippen molar-refractivity contribution in [2.45, 2.75) is 36.4 Å². The lowest BCUT2D eigenvalue weighted by atomic mass is 10.1. The molecular weight excluding hydrogens is 656 g/mol. The average molecular weight is 684 g/mol. The lowest BCUT2D eigenvalue weighted by molar-refractivity contribution is -0.670. The minimum absolute atomic E-state index is 0.130. The van der Waals surface area contributed by atoms with Gasteiger partial charge in [-0.25, -0.2) is 13.2 Å². The molecule has 0 aliphatic rings. The van der Waals surface area contributed by atoms with Gasteiger partial charge < -0.3 is 34.2 Å². The number of aromatic amines is 1. The Bertz CT molecular complexity index is 1580. The first-order valence-electron chi connectivity index (χ1n) is 13.0. The van der Waals surface area contributed by atoms with E-state index in [2.05, 4.69) is 4.98 Å². The first kappa shape index (κ1) is 38.0. The summed E-state index contributed by atoms with van der Waals surface area (Å²) in [6, 6.07) is 17.4. The zero-order chi connectivity index (χ0) is 34.5. The highest BCUT2D eigenvalue weighted by atomic mass is 32.2. The van der Waals surface area contributed by atoms with Gasteiger partial charge >= 0.3 is 18.5 Å². The highest BCUT2D eigenvalue weighted by Gasteiger charge is 2.41. The number of methoxy groups -OCH3 is 1. The van der Waals surface area contributed by atoms with Crippen molar-refractivity contribution >= 4 is 28.0 Å². The van der Waals surface area contributed by atoms with Crippen molar-refractivity contribution in [2.24, 2.45) is 0 Å². The molecule has 0 saturated heterocycles. The number of carbonyl (C=O) groups excluding carboxylic acids is 1. The maximum absolute atomic E-state index is 13.2. The quantitative estimate of drug-likeness (QED) is 0.139. The standard InChI is InChI=1S/C20H19F5N2O.C7H8O3S.C2HF3O2/c21-15-4-5-17-14(11-27-18(17)9-15)6-7-26-10-13-2-1-3-16(8-13)28-12-20(24,25)19(22)23;1-10-6-3-2-4-7(5-6)11(8)9;3-2(4,5)1(6)7/h1-5,8-9,11,19,26-27H,6-7,10,12H2;2-5H,1H3,(H,8,9);(H,6,7)/p-1. The summed E-state index contributed by atoms with van der Waals surface area (Å²) in [5.74, 6) is -6.80. The van der Waals surface area contributed by atoms with E-state index in [0.717, 1.165) is 35.0 Å². The maximum atomic E-state index is 13.2. The Kier molecular flexibility index (Phi) is 14.4. The van der Waals surface area contributed by atoms with Gasteiger partial charge in [-0.15, -0.1) is 0 Å². The molecule has 0 spiro atoms. The molecule has 0 amide bonds. The Morgan fingerprint density at radius 1 is 1.00 bits per heavy atom. The first-order valence-corrected chi connectivity index (χ1v) is 14.1. The lowest BCUT2D eigenvalue weighted by Crippen LogP contribution is -2.83. The van der Waals surface area contributed by atoms with E-state index in [4.69, 9.17) is 19.4 Å². The molecule has 46 heavy (non-hydrogen) atoms. The van der Waals surface area contributed by atoms with Crippen LogP contribution in [-0.4, -0.2) is 58.5 Å². The minimum atomic E-state index is -5.19. The van der Waals surface area contributed by atoms with E-state index in [0.29, 0.717) is 12.3 Å². The number of rotatable bonds is 11. The number of nitrogens with two attached hydrogens (primary N) is 1. The number of aromatic nitrogens is 1. The van der Waals surface area contributed by atoms with Crippen LogP contribution in [0.2, 0.25) is 0 Å². The summed E-state index contributed by atoms with van der Waals surface area (Å²) in [5.41, 5.74) is 2.66. The molecule has 4 rings (SSSR count). The first-order chi connectivity index (χ1) is 21.5. The highest BCUT2D eigenvalue weighted by molar-refractivity contribution is 7.79. The fourth-order valence-corrected chi connectivity index (χ4v) is 4.00. The molecule has 8 nitrogen and oxygen atoms in total. The normalized spacial score (nSPS) is 12.1. The minimum Gasteiger partial charge on any atom is -0.768 e. The number of carboxylic acid groups (broad SMARTS) is 1. The van der Waals surface area contributed by atoms with Crippen LogP contribution in [0.1, 0.15) is 11.1 Å². The number of hydrogen-bond acceptors (Lipinski definition) is 6. The maximum Gasteiger partial charge on any atom is 0.430 e. The van der Waals surface area contributed by atoms with E-state index >= 15 is 0 Å². The van der Waals surface area contributed by atoms with E-state index in [9.17, 15) is 43.9 Å². The average Bonchev–Trinajstić information content (AvgIpc) is 3.40. The number of carboxylic acids is 1. The Labute approximate surface area is 259 Å². The van der Waals surface area contributed by atoms with Crippen LogP contribution in [0.5, 0.6) is 11.5 Å². The molecule has 0 bridgehead atoms. The number of aliphatic carboxylic acids is 1. The second-order valence-electron chi connectivity index (χ2n) is 9.23. The zero-order valence-electron chi connectivity index (χ0n) is 23.8. The van der Waals surface area contributed by atoms with Gasteiger partial charge in [0.25, 0.3) is 0 Å². The number of ether oxygens (including phenoxy) is 2. The largest absolute Gasteiger partial charge is 0.768 e. The Morgan fingerprint density at radius 2 is 1.65 bits per heavy atom. The van der Waals surface area contributed by atoms with Gasteiger partial charge in [-0.3, -0.25) is 4.21 Å². The van der Waals surface area contributed by atoms with Gasteiger partial charge in [0.1, 0.15) is 29.8 Å². The van der Waals surface area contributed by atoms with E-state index in [-0.39, 0.29) is 16.5 Å². The number of carbonyl (C=O) groups is 1. The van der Waals surface area contributed by atoms with Gasteiger partial charge in [0.15, 0.2) is 6.61 Å². The molecule has 0 radical (unpaired) electrons. The number of fused-ring (bicyclic) bond motifs is 1. The summed E-state index contributed by atoms with van der Waals surface area (Å²) in [5, 5.41) is 11.8. The predicted octanol–water partition coefficient (Wildman–Crippen LogP) is 4.12. The molecule has 1 aromatic heterocycles. The molecule has 1 unspecified atom stereocenters. The molecule has 252 valence electrons. The second-order valence-corrected chi connectivity index (χ2v) is 10.2. The van der Waals surface area contributed by atoms with Crippen molar-refractivity contribution in [3.63, 3.8) is 0 Å². The van der Waals surface area contributed by atoms with Crippen molar-refractivity contribution in [2.75, 3.05) is 20.3 Å². The summed E-state index contributed by atoms with van der Waals surface area (Å²) >= 11 is -2.17. The number of H-pyrrole nitrogens is 1. The van der Waals surface area contributed by atoms with Crippen molar-refractivity contribution in [3.05, 3.63) is 89.9 Å². The molecular formula is C29H27F8N2O6S-. The number of halogens is 8. The van der Waals surface area contributed by atoms with Crippen molar-refractivity contribution in [1.82, 2.24) is 4.98 Å².